The summed E-state index contributed by atoms with van der Waals surface area (Å²) >= 11 is 0. The van der Waals surface area contributed by atoms with Gasteiger partial charge in [0.25, 0.3) is 0 Å². The third-order valence-electron chi connectivity index (χ3n) is 2.70. The molecule has 0 heterocycles. The van der Waals surface area contributed by atoms with Gasteiger partial charge in [-0.15, -0.1) is 0 Å². The summed E-state index contributed by atoms with van der Waals surface area (Å²) in [5.74, 6) is -0.681. The van der Waals surface area contributed by atoms with Crippen LogP contribution in [0.5, 0.6) is 0 Å². The molecule has 2 N–H and O–H groups in total. The van der Waals surface area contributed by atoms with Crippen molar-refractivity contribution < 1.29 is 8.78 Å². The van der Waals surface area contributed by atoms with E-state index in [0.29, 0.717) is 16.7 Å². The molecule has 0 radical (unpaired) electrons. The van der Waals surface area contributed by atoms with Gasteiger partial charge in [0.15, 0.2) is 0 Å². The Bertz CT molecular complexity index is 550. The molecule has 0 unspecified atom stereocenters. The topological polar surface area (TPSA) is 26.0 Å². The number of nitrogens with two attached hydrogens (primary N) is 1. The summed E-state index contributed by atoms with van der Waals surface area (Å²) in [5.41, 5.74) is 8.23. The van der Waals surface area contributed by atoms with Crippen molar-refractivity contribution in [3.63, 3.8) is 0 Å². The first-order valence-corrected chi connectivity index (χ1v) is 5.37. The molecule has 0 saturated heterocycles. The van der Waals surface area contributed by atoms with Gasteiger partial charge in [-0.2, -0.15) is 0 Å². The summed E-state index contributed by atoms with van der Waals surface area (Å²) < 4.78 is 26.8. The van der Waals surface area contributed by atoms with E-state index >= 15 is 0 Å². The van der Waals surface area contributed by atoms with Crippen LogP contribution in [0.15, 0.2) is 36.4 Å². The van der Waals surface area contributed by atoms with E-state index in [9.17, 15) is 8.78 Å². The molecule has 0 aliphatic rings. The van der Waals surface area contributed by atoms with Gasteiger partial charge < -0.3 is 5.73 Å². The van der Waals surface area contributed by atoms with E-state index in [1.54, 1.807) is 18.2 Å². The maximum atomic E-state index is 13.7. The van der Waals surface area contributed by atoms with E-state index in [1.807, 2.05) is 6.92 Å². The highest BCUT2D eigenvalue weighted by Gasteiger charge is 2.10. The maximum Gasteiger partial charge on any atom is 0.131 e. The molecule has 2 rings (SSSR count). The fourth-order valence-corrected chi connectivity index (χ4v) is 1.84. The predicted octanol–water partition coefficient (Wildman–Crippen LogP) is 3.40. The molecule has 0 saturated carbocycles. The number of hydrogen-bond donors (Lipinski definition) is 1. The van der Waals surface area contributed by atoms with Crippen LogP contribution in [0.4, 0.5) is 8.78 Å². The van der Waals surface area contributed by atoms with Gasteiger partial charge in [-0.3, -0.25) is 0 Å². The second-order valence-corrected chi connectivity index (χ2v) is 3.99. The molecule has 0 bridgehead atoms. The lowest BCUT2D eigenvalue weighted by molar-refractivity contribution is 0.623. The van der Waals surface area contributed by atoms with E-state index in [4.69, 9.17) is 5.73 Å². The molecule has 2 aromatic carbocycles. The van der Waals surface area contributed by atoms with Gasteiger partial charge in [0.2, 0.25) is 0 Å². The van der Waals surface area contributed by atoms with E-state index in [2.05, 4.69) is 0 Å². The highest BCUT2D eigenvalue weighted by Crippen LogP contribution is 2.27. The molecule has 17 heavy (non-hydrogen) atoms. The van der Waals surface area contributed by atoms with Gasteiger partial charge in [0.05, 0.1) is 0 Å². The Hall–Kier alpha value is -1.74. The Morgan fingerprint density at radius 3 is 2.47 bits per heavy atom. The Morgan fingerprint density at radius 2 is 1.76 bits per heavy atom. The Kier molecular flexibility index (Phi) is 3.20. The molecule has 2 aromatic rings. The molecule has 0 atom stereocenters. The number of benzene rings is 2. The molecule has 3 heteroatoms. The van der Waals surface area contributed by atoms with Crippen LogP contribution < -0.4 is 5.73 Å². The van der Waals surface area contributed by atoms with Gasteiger partial charge in [-0.25, -0.2) is 8.78 Å². The quantitative estimate of drug-likeness (QED) is 0.845. The number of hydrogen-bond acceptors (Lipinski definition) is 1. The summed E-state index contributed by atoms with van der Waals surface area (Å²) in [6.07, 6.45) is 0. The van der Waals surface area contributed by atoms with Crippen molar-refractivity contribution in [1.29, 1.82) is 0 Å². The molecule has 88 valence electrons. The summed E-state index contributed by atoms with van der Waals surface area (Å²) in [5, 5.41) is 0. The van der Waals surface area contributed by atoms with Crippen LogP contribution >= 0.6 is 0 Å². The summed E-state index contributed by atoms with van der Waals surface area (Å²) in [7, 11) is 0. The zero-order valence-corrected chi connectivity index (χ0v) is 9.50. The van der Waals surface area contributed by atoms with Gasteiger partial charge in [0.1, 0.15) is 11.6 Å². The first kappa shape index (κ1) is 11.7. The zero-order chi connectivity index (χ0) is 12.4. The molecule has 0 spiro atoms. The summed E-state index contributed by atoms with van der Waals surface area (Å²) in [4.78, 5) is 0. The fraction of sp³-hybridized carbons (Fsp3) is 0.143. The average molecular weight is 233 g/mol. The lowest BCUT2D eigenvalue weighted by Gasteiger charge is -2.10. The molecule has 0 fully saturated rings. The number of rotatable bonds is 2. The standard InChI is InChI=1S/C14H13F2N/c1-9-2-5-14(16)13(6-9)12-4-3-11(15)7-10(12)8-17/h2-7H,8,17H2,1H3. The van der Waals surface area contributed by atoms with Crippen LogP contribution in [0.25, 0.3) is 11.1 Å². The number of aryl methyl sites for hydroxylation is 1. The van der Waals surface area contributed by atoms with E-state index in [0.717, 1.165) is 5.56 Å². The minimum atomic E-state index is -0.359. The SMILES string of the molecule is Cc1ccc(F)c(-c2ccc(F)cc2CN)c1. The minimum absolute atomic E-state index is 0.181. The zero-order valence-electron chi connectivity index (χ0n) is 9.50. The number of halogens is 2. The van der Waals surface area contributed by atoms with Crippen molar-refractivity contribution in [2.24, 2.45) is 5.73 Å². The van der Waals surface area contributed by atoms with Crippen LogP contribution in [-0.2, 0) is 6.54 Å². The van der Waals surface area contributed by atoms with Crippen molar-refractivity contribution >= 4 is 0 Å². The molecule has 1 nitrogen and oxygen atoms in total. The molecular formula is C14H13F2N. The average Bonchev–Trinajstić information content (AvgIpc) is 2.32. The van der Waals surface area contributed by atoms with Gasteiger partial charge in [-0.1, -0.05) is 17.7 Å². The third kappa shape index (κ3) is 2.34. The summed E-state index contributed by atoms with van der Waals surface area (Å²) in [6.45, 7) is 2.06. The molecule has 0 aliphatic carbocycles. The monoisotopic (exact) mass is 233 g/mol. The fourth-order valence-electron chi connectivity index (χ4n) is 1.84. The first-order chi connectivity index (χ1) is 8.11. The third-order valence-corrected chi connectivity index (χ3v) is 2.70. The van der Waals surface area contributed by atoms with Gasteiger partial charge in [-0.05, 0) is 42.3 Å². The Labute approximate surface area is 98.9 Å². The smallest absolute Gasteiger partial charge is 0.131 e. The van der Waals surface area contributed by atoms with E-state index in [-0.39, 0.29) is 18.2 Å². The Balaban J connectivity index is 2.63. The lowest BCUT2D eigenvalue weighted by atomic mass is 9.97. The lowest BCUT2D eigenvalue weighted by Crippen LogP contribution is -2.00. The second kappa shape index (κ2) is 4.63. The predicted molar refractivity (Wildman–Crippen MR) is 64.4 cm³/mol. The van der Waals surface area contributed by atoms with Crippen LogP contribution in [0, 0.1) is 18.6 Å². The highest BCUT2D eigenvalue weighted by atomic mass is 19.1. The van der Waals surface area contributed by atoms with Crippen LogP contribution in [0.1, 0.15) is 11.1 Å². The van der Waals surface area contributed by atoms with Crippen LogP contribution in [-0.4, -0.2) is 0 Å². The summed E-state index contributed by atoms with van der Waals surface area (Å²) in [6, 6.07) is 9.07. The van der Waals surface area contributed by atoms with Crippen molar-refractivity contribution in [2.75, 3.05) is 0 Å². The maximum absolute atomic E-state index is 13.7. The van der Waals surface area contributed by atoms with Gasteiger partial charge in [0, 0.05) is 12.1 Å². The first-order valence-electron chi connectivity index (χ1n) is 5.37. The van der Waals surface area contributed by atoms with Crippen LogP contribution in [0.3, 0.4) is 0 Å². The van der Waals surface area contributed by atoms with Gasteiger partial charge >= 0.3 is 0 Å². The second-order valence-electron chi connectivity index (χ2n) is 3.99. The molecule has 0 amide bonds. The molecule has 0 aromatic heterocycles. The largest absolute Gasteiger partial charge is 0.326 e. The molecule has 0 aliphatic heterocycles. The van der Waals surface area contributed by atoms with E-state index in [1.165, 1.54) is 18.2 Å². The van der Waals surface area contributed by atoms with Crippen molar-refractivity contribution in [2.45, 2.75) is 13.5 Å². The normalized spacial score (nSPS) is 10.6. The highest BCUT2D eigenvalue weighted by molar-refractivity contribution is 5.68. The van der Waals surface area contributed by atoms with Crippen molar-refractivity contribution in [3.05, 3.63) is 59.2 Å². The minimum Gasteiger partial charge on any atom is -0.326 e. The van der Waals surface area contributed by atoms with E-state index < -0.39 is 0 Å². The molecular weight excluding hydrogens is 220 g/mol. The Morgan fingerprint density at radius 1 is 1.00 bits per heavy atom. The van der Waals surface area contributed by atoms with Crippen molar-refractivity contribution in [3.8, 4) is 11.1 Å². The van der Waals surface area contributed by atoms with Crippen LogP contribution in [0.2, 0.25) is 0 Å². The van der Waals surface area contributed by atoms with Crippen molar-refractivity contribution in [1.82, 2.24) is 0 Å².